The zero-order valence-electron chi connectivity index (χ0n) is 10.7. The average molecular weight is 227 g/mol. The molecule has 1 nitrogen and oxygen atoms in total. The van der Waals surface area contributed by atoms with Crippen molar-refractivity contribution >= 4 is 0 Å². The summed E-state index contributed by atoms with van der Waals surface area (Å²) in [6, 6.07) is 19.2. The molecule has 0 atom stereocenters. The summed E-state index contributed by atoms with van der Waals surface area (Å²) < 4.78 is 0. The minimum absolute atomic E-state index is 0.750. The van der Waals surface area contributed by atoms with Crippen molar-refractivity contribution in [3.05, 3.63) is 60.2 Å². The number of aryl methyl sites for hydroxylation is 1. The van der Waals surface area contributed by atoms with Crippen molar-refractivity contribution in [2.45, 2.75) is 20.3 Å². The van der Waals surface area contributed by atoms with Crippen LogP contribution in [0.2, 0.25) is 0 Å². The Balaban J connectivity index is 0.000000437. The first-order valence-corrected chi connectivity index (χ1v) is 6.16. The molecule has 2 rings (SSSR count). The maximum absolute atomic E-state index is 4.85. The van der Waals surface area contributed by atoms with E-state index in [1.54, 1.807) is 0 Å². The van der Waals surface area contributed by atoms with Gasteiger partial charge in [-0.05, 0) is 29.7 Å². The van der Waals surface area contributed by atoms with Crippen molar-refractivity contribution in [3.63, 3.8) is 0 Å². The van der Waals surface area contributed by atoms with E-state index in [-0.39, 0.29) is 0 Å². The summed E-state index contributed by atoms with van der Waals surface area (Å²) in [5.41, 5.74) is 8.82. The van der Waals surface area contributed by atoms with Crippen LogP contribution < -0.4 is 5.73 Å². The molecule has 0 amide bonds. The summed E-state index contributed by atoms with van der Waals surface area (Å²) >= 11 is 0. The molecule has 0 spiro atoms. The Morgan fingerprint density at radius 2 is 1.24 bits per heavy atom. The molecule has 0 aromatic heterocycles. The molecular weight excluding hydrogens is 206 g/mol. The van der Waals surface area contributed by atoms with Crippen LogP contribution in [-0.2, 0) is 6.42 Å². The second-order valence-corrected chi connectivity index (χ2v) is 3.82. The lowest BCUT2D eigenvalue weighted by Gasteiger charge is -2.02. The summed E-state index contributed by atoms with van der Waals surface area (Å²) in [5.74, 6) is 0. The lowest BCUT2D eigenvalue weighted by Crippen LogP contribution is -1.87. The van der Waals surface area contributed by atoms with E-state index < -0.39 is 0 Å². The SMILES string of the molecule is CCN.CCc1ccc(-c2ccccc2)cc1. The van der Waals surface area contributed by atoms with Gasteiger partial charge in [-0.2, -0.15) is 0 Å². The largest absolute Gasteiger partial charge is 0.331 e. The Morgan fingerprint density at radius 1 is 0.765 bits per heavy atom. The standard InChI is InChI=1S/C14H14.C2H7N/c1-2-12-8-10-14(11-9-12)13-6-4-3-5-7-13;1-2-3/h3-11H,2H2,1H3;2-3H2,1H3. The number of hydrogen-bond donors (Lipinski definition) is 1. The second-order valence-electron chi connectivity index (χ2n) is 3.82. The molecule has 0 aliphatic rings. The Morgan fingerprint density at radius 3 is 1.71 bits per heavy atom. The molecule has 0 aliphatic carbocycles. The van der Waals surface area contributed by atoms with Gasteiger partial charge in [-0.15, -0.1) is 0 Å². The normalized spacial score (nSPS) is 9.35. The fraction of sp³-hybridized carbons (Fsp3) is 0.250. The van der Waals surface area contributed by atoms with Crippen LogP contribution in [-0.4, -0.2) is 6.54 Å². The minimum atomic E-state index is 0.750. The maximum Gasteiger partial charge on any atom is -0.0106 e. The quantitative estimate of drug-likeness (QED) is 0.827. The third-order valence-electron chi connectivity index (χ3n) is 2.47. The monoisotopic (exact) mass is 227 g/mol. The molecule has 90 valence electrons. The third-order valence-corrected chi connectivity index (χ3v) is 2.47. The van der Waals surface area contributed by atoms with E-state index in [1.165, 1.54) is 16.7 Å². The smallest absolute Gasteiger partial charge is 0.0106 e. The van der Waals surface area contributed by atoms with E-state index in [9.17, 15) is 0 Å². The van der Waals surface area contributed by atoms with Gasteiger partial charge in [0.1, 0.15) is 0 Å². The second kappa shape index (κ2) is 7.64. The number of rotatable bonds is 2. The van der Waals surface area contributed by atoms with Crippen molar-refractivity contribution in [2.75, 3.05) is 6.54 Å². The van der Waals surface area contributed by atoms with Crippen LogP contribution in [0.4, 0.5) is 0 Å². The van der Waals surface area contributed by atoms with Gasteiger partial charge in [0.15, 0.2) is 0 Å². The van der Waals surface area contributed by atoms with Gasteiger partial charge in [0.05, 0.1) is 0 Å². The summed E-state index contributed by atoms with van der Waals surface area (Å²) in [6.45, 7) is 4.83. The van der Waals surface area contributed by atoms with Crippen LogP contribution in [0.15, 0.2) is 54.6 Å². The number of nitrogens with two attached hydrogens (primary N) is 1. The van der Waals surface area contributed by atoms with Crippen molar-refractivity contribution in [3.8, 4) is 11.1 Å². The van der Waals surface area contributed by atoms with Gasteiger partial charge in [-0.25, -0.2) is 0 Å². The zero-order valence-corrected chi connectivity index (χ0v) is 10.7. The molecule has 0 saturated heterocycles. The van der Waals surface area contributed by atoms with Gasteiger partial charge in [-0.3, -0.25) is 0 Å². The first kappa shape index (κ1) is 13.5. The fourth-order valence-corrected chi connectivity index (χ4v) is 1.56. The predicted molar refractivity (Wildman–Crippen MR) is 76.0 cm³/mol. The Labute approximate surface area is 104 Å². The molecule has 2 aromatic rings. The third kappa shape index (κ3) is 4.41. The van der Waals surface area contributed by atoms with Gasteiger partial charge in [0.2, 0.25) is 0 Å². The number of benzene rings is 2. The first-order valence-electron chi connectivity index (χ1n) is 6.16. The van der Waals surface area contributed by atoms with E-state index >= 15 is 0 Å². The molecular formula is C16H21N. The van der Waals surface area contributed by atoms with Crippen LogP contribution in [0.3, 0.4) is 0 Å². The molecule has 0 radical (unpaired) electrons. The molecule has 0 saturated carbocycles. The van der Waals surface area contributed by atoms with Crippen LogP contribution in [0.25, 0.3) is 11.1 Å². The molecule has 0 bridgehead atoms. The highest BCUT2D eigenvalue weighted by molar-refractivity contribution is 5.63. The fourth-order valence-electron chi connectivity index (χ4n) is 1.56. The lowest BCUT2D eigenvalue weighted by atomic mass is 10.0. The van der Waals surface area contributed by atoms with Crippen molar-refractivity contribution < 1.29 is 0 Å². The maximum atomic E-state index is 4.85. The van der Waals surface area contributed by atoms with Gasteiger partial charge in [-0.1, -0.05) is 68.4 Å². The molecule has 0 unspecified atom stereocenters. The Kier molecular flexibility index (Phi) is 6.05. The van der Waals surface area contributed by atoms with E-state index in [4.69, 9.17) is 5.73 Å². The van der Waals surface area contributed by atoms with Crippen LogP contribution in [0, 0.1) is 0 Å². The molecule has 1 heteroatoms. The minimum Gasteiger partial charge on any atom is -0.331 e. The van der Waals surface area contributed by atoms with E-state index in [0.29, 0.717) is 0 Å². The van der Waals surface area contributed by atoms with Crippen LogP contribution in [0.5, 0.6) is 0 Å². The van der Waals surface area contributed by atoms with Gasteiger partial charge in [0, 0.05) is 0 Å². The zero-order chi connectivity index (χ0) is 12.5. The Hall–Kier alpha value is -1.60. The first-order chi connectivity index (χ1) is 8.31. The van der Waals surface area contributed by atoms with E-state index in [2.05, 4.69) is 55.5 Å². The van der Waals surface area contributed by atoms with Gasteiger partial charge < -0.3 is 5.73 Å². The highest BCUT2D eigenvalue weighted by Crippen LogP contribution is 2.19. The van der Waals surface area contributed by atoms with Crippen LogP contribution >= 0.6 is 0 Å². The molecule has 2 N–H and O–H groups in total. The number of hydrogen-bond acceptors (Lipinski definition) is 1. The summed E-state index contributed by atoms with van der Waals surface area (Å²) in [6.07, 6.45) is 1.11. The summed E-state index contributed by atoms with van der Waals surface area (Å²) in [4.78, 5) is 0. The van der Waals surface area contributed by atoms with Gasteiger partial charge in [0.25, 0.3) is 0 Å². The van der Waals surface area contributed by atoms with Crippen molar-refractivity contribution in [1.82, 2.24) is 0 Å². The Bertz CT molecular complexity index is 403. The molecule has 2 aromatic carbocycles. The van der Waals surface area contributed by atoms with E-state index in [0.717, 1.165) is 13.0 Å². The summed E-state index contributed by atoms with van der Waals surface area (Å²) in [5, 5.41) is 0. The molecule has 17 heavy (non-hydrogen) atoms. The van der Waals surface area contributed by atoms with Gasteiger partial charge >= 0.3 is 0 Å². The van der Waals surface area contributed by atoms with Crippen molar-refractivity contribution in [2.24, 2.45) is 5.73 Å². The molecule has 0 fully saturated rings. The van der Waals surface area contributed by atoms with Crippen LogP contribution in [0.1, 0.15) is 19.4 Å². The molecule has 0 aliphatic heterocycles. The average Bonchev–Trinajstić information content (AvgIpc) is 2.41. The van der Waals surface area contributed by atoms with E-state index in [1.807, 2.05) is 13.0 Å². The highest BCUT2D eigenvalue weighted by Gasteiger charge is 1.95. The highest BCUT2D eigenvalue weighted by atomic mass is 14.5. The lowest BCUT2D eigenvalue weighted by molar-refractivity contribution is 1.14. The predicted octanol–water partition coefficient (Wildman–Crippen LogP) is 3.88. The summed E-state index contributed by atoms with van der Waals surface area (Å²) in [7, 11) is 0. The van der Waals surface area contributed by atoms with Crippen molar-refractivity contribution in [1.29, 1.82) is 0 Å². The topological polar surface area (TPSA) is 26.0 Å². The molecule has 0 heterocycles.